The van der Waals surface area contributed by atoms with E-state index < -0.39 is 0 Å². The third kappa shape index (κ3) is 8.22. The van der Waals surface area contributed by atoms with Crippen molar-refractivity contribution in [1.82, 2.24) is 0 Å². The summed E-state index contributed by atoms with van der Waals surface area (Å²) in [7, 11) is 4.19. The molecule has 0 heterocycles. The Bertz CT molecular complexity index is 1110. The van der Waals surface area contributed by atoms with Crippen molar-refractivity contribution in [2.45, 2.75) is 41.5 Å². The van der Waals surface area contributed by atoms with Crippen molar-refractivity contribution in [3.63, 3.8) is 0 Å². The molecule has 0 saturated heterocycles. The smallest absolute Gasteiger partial charge is 0.195 e. The maximum Gasteiger partial charge on any atom is 0.195 e. The summed E-state index contributed by atoms with van der Waals surface area (Å²) in [5.74, 6) is 0. The quantitative estimate of drug-likeness (QED) is 0.149. The van der Waals surface area contributed by atoms with Crippen molar-refractivity contribution >= 4 is 41.0 Å². The summed E-state index contributed by atoms with van der Waals surface area (Å²) in [6.45, 7) is 19.8. The molecule has 0 bridgehead atoms. The van der Waals surface area contributed by atoms with Crippen LogP contribution in [0.4, 0.5) is 0 Å². The minimum absolute atomic E-state index is 0. The van der Waals surface area contributed by atoms with Gasteiger partial charge in [-0.2, -0.15) is 10.5 Å². The Labute approximate surface area is 203 Å². The minimum atomic E-state index is 0. The summed E-state index contributed by atoms with van der Waals surface area (Å²) in [5, 5.41) is 17.5. The molecule has 0 spiro atoms. The number of benzene rings is 2. The van der Waals surface area contributed by atoms with Gasteiger partial charge in [-0.3, -0.25) is 0 Å². The van der Waals surface area contributed by atoms with Crippen LogP contribution in [0.1, 0.15) is 51.4 Å². The second kappa shape index (κ2) is 13.4. The number of allylic oxidation sites excluding steroid dienone is 2. The molecule has 0 aliphatic heterocycles. The van der Waals surface area contributed by atoms with Crippen molar-refractivity contribution < 1.29 is 18.6 Å². The Kier molecular flexibility index (Phi) is 12.6. The molecule has 2 aromatic carbocycles. The van der Waals surface area contributed by atoms with Gasteiger partial charge in [0, 0.05) is 18.6 Å². The zero-order chi connectivity index (χ0) is 23.0. The molecule has 2 unspecified atom stereocenters. The molecule has 3 nitrogen and oxygen atoms in total. The van der Waals surface area contributed by atoms with Gasteiger partial charge in [0.1, 0.15) is 0 Å². The zero-order valence-electron chi connectivity index (χ0n) is 18.9. The van der Waals surface area contributed by atoms with E-state index in [9.17, 15) is 5.26 Å². The van der Waals surface area contributed by atoms with E-state index in [0.717, 1.165) is 27.8 Å². The number of hydrogen-bond acceptors (Lipinski definition) is 1. The second-order valence-corrected chi connectivity index (χ2v) is 9.01. The number of aryl methyl sites for hydroxylation is 5. The van der Waals surface area contributed by atoms with Crippen LogP contribution in [0.25, 0.3) is 27.6 Å². The fourth-order valence-corrected chi connectivity index (χ4v) is 3.12. The van der Waals surface area contributed by atoms with Gasteiger partial charge in [-0.1, -0.05) is 35.9 Å². The first kappa shape index (κ1) is 29.0. The fourth-order valence-electron chi connectivity index (χ4n) is 3.12. The van der Waals surface area contributed by atoms with E-state index in [0.29, 0.717) is 11.3 Å². The van der Waals surface area contributed by atoms with Crippen LogP contribution in [0.15, 0.2) is 30.3 Å². The van der Waals surface area contributed by atoms with Crippen molar-refractivity contribution in [1.29, 1.82) is 5.26 Å². The van der Waals surface area contributed by atoms with E-state index in [4.69, 9.17) is 12.0 Å². The molecule has 31 heavy (non-hydrogen) atoms. The van der Waals surface area contributed by atoms with Gasteiger partial charge in [0.05, 0.1) is 18.2 Å². The maximum absolute atomic E-state index is 9.32. The molecule has 0 aliphatic carbocycles. The SMILES string of the molecule is [C-]#[N+]/C(=C\c1cc(C)c(C)cc1C)c1cc(C)c(/C(C#N)=C/C)cc1C.[N-]=C(P)P.[V]. The Hall–Kier alpha value is -1.99. The molecular weight excluding hydrogens is 455 g/mol. The predicted molar refractivity (Wildman–Crippen MR) is 138 cm³/mol. The predicted octanol–water partition coefficient (Wildman–Crippen LogP) is 7.23. The second-order valence-electron chi connectivity index (χ2n) is 7.16. The monoisotopic (exact) mass is 483 g/mol. The molecule has 0 aromatic heterocycles. The van der Waals surface area contributed by atoms with E-state index in [2.05, 4.69) is 62.3 Å². The van der Waals surface area contributed by atoms with Gasteiger partial charge in [0.2, 0.25) is 0 Å². The molecule has 1 radical (unpaired) electrons. The standard InChI is InChI=1S/C24H24N2.CH4NP2.V/c1-8-20(14-25)22-11-19(6)23(12-18(22)5)24(26-7)13-21-10-16(3)15(2)9-17(21)4;2-1(3)4;/h8-13H,1-6H3;3-4H2;/q;-1;/b20-8+,24-13-;;. The molecular formula is C25H28N3P2V-. The Balaban J connectivity index is 0.00000165. The van der Waals surface area contributed by atoms with Gasteiger partial charge in [-0.05, 0) is 86.6 Å². The number of hydrogen-bond donors (Lipinski definition) is 0. The van der Waals surface area contributed by atoms with Crippen LogP contribution in [0, 0.1) is 52.5 Å². The third-order valence-corrected chi connectivity index (χ3v) is 4.84. The Morgan fingerprint density at radius 3 is 1.90 bits per heavy atom. The van der Waals surface area contributed by atoms with Crippen molar-refractivity contribution in [3.8, 4) is 6.07 Å². The van der Waals surface area contributed by atoms with Crippen LogP contribution in [-0.2, 0) is 18.6 Å². The molecule has 2 atom stereocenters. The third-order valence-electron chi connectivity index (χ3n) is 4.84. The van der Waals surface area contributed by atoms with Crippen LogP contribution in [0.5, 0.6) is 0 Å². The average Bonchev–Trinajstić information content (AvgIpc) is 2.67. The molecule has 0 fully saturated rings. The van der Waals surface area contributed by atoms with Crippen LogP contribution in [0.2, 0.25) is 0 Å². The average molecular weight is 483 g/mol. The molecule has 0 amide bonds. The molecule has 159 valence electrons. The molecule has 0 saturated carbocycles. The Morgan fingerprint density at radius 2 is 1.42 bits per heavy atom. The molecule has 2 rings (SSSR count). The first-order valence-corrected chi connectivity index (χ1v) is 10.6. The van der Waals surface area contributed by atoms with Crippen LogP contribution < -0.4 is 0 Å². The summed E-state index contributed by atoms with van der Waals surface area (Å²) in [6.07, 6.45) is 3.79. The molecule has 6 heteroatoms. The van der Waals surface area contributed by atoms with Gasteiger partial charge in [-0.25, -0.2) is 4.85 Å². The summed E-state index contributed by atoms with van der Waals surface area (Å²) in [4.78, 5) is 3.80. The van der Waals surface area contributed by atoms with Gasteiger partial charge in [0.15, 0.2) is 5.70 Å². The topological polar surface area (TPSA) is 50.5 Å². The van der Waals surface area contributed by atoms with Crippen molar-refractivity contribution in [3.05, 3.63) is 91.7 Å². The molecule has 2 aromatic rings. The van der Waals surface area contributed by atoms with E-state index in [-0.39, 0.29) is 23.7 Å². The van der Waals surface area contributed by atoms with Crippen LogP contribution in [0.3, 0.4) is 0 Å². The van der Waals surface area contributed by atoms with Gasteiger partial charge >= 0.3 is 0 Å². The van der Waals surface area contributed by atoms with E-state index in [1.165, 1.54) is 16.7 Å². The summed E-state index contributed by atoms with van der Waals surface area (Å²) < 4.78 is 0. The molecule has 0 N–H and O–H groups in total. The van der Waals surface area contributed by atoms with Gasteiger partial charge < -0.3 is 5.41 Å². The van der Waals surface area contributed by atoms with Gasteiger partial charge in [-0.15, -0.1) is 18.5 Å². The Morgan fingerprint density at radius 1 is 0.935 bits per heavy atom. The van der Waals surface area contributed by atoms with Crippen molar-refractivity contribution in [2.24, 2.45) is 0 Å². The first-order chi connectivity index (χ1) is 14.0. The number of rotatable bonds is 3. The molecule has 0 aliphatic rings. The largest absolute Gasteiger partial charge is 0.804 e. The van der Waals surface area contributed by atoms with Crippen LogP contribution >= 0.6 is 18.5 Å². The summed E-state index contributed by atoms with van der Waals surface area (Å²) in [5.41, 5.74) is 9.88. The van der Waals surface area contributed by atoms with E-state index in [1.807, 2.05) is 45.1 Å². The van der Waals surface area contributed by atoms with Crippen molar-refractivity contribution in [2.75, 3.05) is 0 Å². The number of nitrogens with zero attached hydrogens (tertiary/aromatic N) is 3. The van der Waals surface area contributed by atoms with Gasteiger partial charge in [0.25, 0.3) is 0 Å². The van der Waals surface area contributed by atoms with E-state index >= 15 is 0 Å². The normalized spacial score (nSPS) is 10.8. The fraction of sp³-hybridized carbons (Fsp3) is 0.240. The number of nitriles is 1. The maximum atomic E-state index is 9.32. The summed E-state index contributed by atoms with van der Waals surface area (Å²) >= 11 is 0. The van der Waals surface area contributed by atoms with E-state index in [1.54, 1.807) is 0 Å². The minimum Gasteiger partial charge on any atom is -0.804 e. The first-order valence-electron chi connectivity index (χ1n) is 9.47. The summed E-state index contributed by atoms with van der Waals surface area (Å²) in [6, 6.07) is 10.6. The van der Waals surface area contributed by atoms with Crippen LogP contribution in [-0.4, -0.2) is 5.19 Å². The zero-order valence-corrected chi connectivity index (χ0v) is 22.6.